The minimum Gasteiger partial charge on any atom is -0.313 e. The number of hydrogen-bond acceptors (Lipinski definition) is 1. The van der Waals surface area contributed by atoms with Crippen molar-refractivity contribution in [3.8, 4) is 0 Å². The average molecular weight is 242 g/mol. The van der Waals surface area contributed by atoms with Crippen molar-refractivity contribution in [2.45, 2.75) is 25.8 Å². The van der Waals surface area contributed by atoms with Crippen LogP contribution in [0.3, 0.4) is 0 Å². The lowest BCUT2D eigenvalue weighted by Crippen LogP contribution is -2.17. The Bertz CT molecular complexity index is 376. The SMILES string of the molecule is C=C(C)CCC(NC)c1cccc(Cl)c1F. The van der Waals surface area contributed by atoms with Crippen LogP contribution in [0.2, 0.25) is 5.02 Å². The fourth-order valence-corrected chi connectivity index (χ4v) is 1.82. The minimum atomic E-state index is -0.328. The van der Waals surface area contributed by atoms with E-state index < -0.39 is 0 Å². The molecule has 3 heteroatoms. The normalized spacial score (nSPS) is 12.5. The van der Waals surface area contributed by atoms with Crippen molar-refractivity contribution in [1.82, 2.24) is 5.32 Å². The van der Waals surface area contributed by atoms with Crippen LogP contribution in [0.1, 0.15) is 31.4 Å². The fourth-order valence-electron chi connectivity index (χ4n) is 1.64. The van der Waals surface area contributed by atoms with Gasteiger partial charge in [-0.15, -0.1) is 6.58 Å². The monoisotopic (exact) mass is 241 g/mol. The fraction of sp³-hybridized carbons (Fsp3) is 0.385. The van der Waals surface area contributed by atoms with E-state index in [0.717, 1.165) is 18.4 Å². The molecule has 0 bridgehead atoms. The van der Waals surface area contributed by atoms with Crippen LogP contribution in [0, 0.1) is 5.82 Å². The summed E-state index contributed by atoms with van der Waals surface area (Å²) in [5.74, 6) is -0.328. The second kappa shape index (κ2) is 6.02. The van der Waals surface area contributed by atoms with Gasteiger partial charge >= 0.3 is 0 Å². The zero-order chi connectivity index (χ0) is 12.1. The van der Waals surface area contributed by atoms with Gasteiger partial charge in [0.1, 0.15) is 5.82 Å². The van der Waals surface area contributed by atoms with Gasteiger partial charge in [0.2, 0.25) is 0 Å². The summed E-state index contributed by atoms with van der Waals surface area (Å²) in [7, 11) is 1.82. The predicted molar refractivity (Wildman–Crippen MR) is 67.3 cm³/mol. The largest absolute Gasteiger partial charge is 0.313 e. The van der Waals surface area contributed by atoms with Crippen LogP contribution in [-0.2, 0) is 0 Å². The van der Waals surface area contributed by atoms with E-state index in [9.17, 15) is 4.39 Å². The maximum atomic E-state index is 13.8. The van der Waals surface area contributed by atoms with E-state index in [1.54, 1.807) is 18.2 Å². The Kier molecular flexibility index (Phi) is 4.97. The van der Waals surface area contributed by atoms with E-state index in [1.807, 2.05) is 14.0 Å². The molecule has 0 saturated carbocycles. The molecule has 1 nitrogen and oxygen atoms in total. The van der Waals surface area contributed by atoms with Gasteiger partial charge in [0.05, 0.1) is 5.02 Å². The lowest BCUT2D eigenvalue weighted by atomic mass is 9.99. The van der Waals surface area contributed by atoms with Crippen molar-refractivity contribution < 1.29 is 4.39 Å². The molecule has 0 saturated heterocycles. The molecule has 1 aromatic rings. The van der Waals surface area contributed by atoms with Crippen LogP contribution in [0.25, 0.3) is 0 Å². The van der Waals surface area contributed by atoms with E-state index in [0.29, 0.717) is 5.56 Å². The third-order valence-electron chi connectivity index (χ3n) is 2.57. The first kappa shape index (κ1) is 13.2. The van der Waals surface area contributed by atoms with Gasteiger partial charge in [-0.05, 0) is 32.9 Å². The molecular formula is C13H17ClFN. The van der Waals surface area contributed by atoms with Gasteiger partial charge in [0, 0.05) is 11.6 Å². The molecule has 0 aliphatic heterocycles. The predicted octanol–water partition coefficient (Wildman–Crippen LogP) is 4.10. The number of nitrogens with one attached hydrogen (secondary N) is 1. The number of hydrogen-bond donors (Lipinski definition) is 1. The molecular weight excluding hydrogens is 225 g/mol. The summed E-state index contributed by atoms with van der Waals surface area (Å²) in [6, 6.07) is 5.08. The van der Waals surface area contributed by atoms with Crippen molar-refractivity contribution in [3.63, 3.8) is 0 Å². The summed E-state index contributed by atoms with van der Waals surface area (Å²) in [6.07, 6.45) is 1.69. The lowest BCUT2D eigenvalue weighted by molar-refractivity contribution is 0.508. The van der Waals surface area contributed by atoms with Crippen molar-refractivity contribution in [2.24, 2.45) is 0 Å². The second-order valence-corrected chi connectivity index (χ2v) is 4.39. The summed E-state index contributed by atoms with van der Waals surface area (Å²) in [4.78, 5) is 0. The highest BCUT2D eigenvalue weighted by atomic mass is 35.5. The molecule has 0 heterocycles. The number of rotatable bonds is 5. The summed E-state index contributed by atoms with van der Waals surface area (Å²) in [5, 5.41) is 3.28. The third kappa shape index (κ3) is 3.32. The molecule has 1 unspecified atom stereocenters. The highest BCUT2D eigenvalue weighted by Gasteiger charge is 2.15. The molecule has 0 amide bonds. The average Bonchev–Trinajstić information content (AvgIpc) is 2.24. The molecule has 16 heavy (non-hydrogen) atoms. The summed E-state index contributed by atoms with van der Waals surface area (Å²) >= 11 is 5.76. The van der Waals surface area contributed by atoms with Gasteiger partial charge in [-0.25, -0.2) is 4.39 Å². The zero-order valence-electron chi connectivity index (χ0n) is 9.69. The molecule has 0 radical (unpaired) electrons. The van der Waals surface area contributed by atoms with Crippen LogP contribution in [0.5, 0.6) is 0 Å². The first-order chi connectivity index (χ1) is 7.56. The highest BCUT2D eigenvalue weighted by Crippen LogP contribution is 2.26. The first-order valence-corrected chi connectivity index (χ1v) is 5.69. The van der Waals surface area contributed by atoms with Crippen LogP contribution in [0.4, 0.5) is 4.39 Å². The van der Waals surface area contributed by atoms with E-state index in [4.69, 9.17) is 11.6 Å². The van der Waals surface area contributed by atoms with Gasteiger partial charge in [-0.3, -0.25) is 0 Å². The lowest BCUT2D eigenvalue weighted by Gasteiger charge is -2.17. The summed E-state index contributed by atoms with van der Waals surface area (Å²) in [6.45, 7) is 5.82. The molecule has 1 rings (SSSR count). The van der Waals surface area contributed by atoms with Gasteiger partial charge in [0.15, 0.2) is 0 Å². The topological polar surface area (TPSA) is 12.0 Å². The maximum Gasteiger partial charge on any atom is 0.146 e. The van der Waals surface area contributed by atoms with E-state index in [1.165, 1.54) is 0 Å². The van der Waals surface area contributed by atoms with Crippen LogP contribution in [-0.4, -0.2) is 7.05 Å². The van der Waals surface area contributed by atoms with Gasteiger partial charge < -0.3 is 5.32 Å². The Morgan fingerprint density at radius 2 is 2.25 bits per heavy atom. The molecule has 0 fully saturated rings. The molecule has 0 aliphatic carbocycles. The van der Waals surface area contributed by atoms with E-state index >= 15 is 0 Å². The quantitative estimate of drug-likeness (QED) is 0.766. The van der Waals surface area contributed by atoms with Crippen molar-refractivity contribution in [3.05, 3.63) is 46.8 Å². The number of benzene rings is 1. The molecule has 0 aromatic heterocycles. The zero-order valence-corrected chi connectivity index (χ0v) is 10.4. The third-order valence-corrected chi connectivity index (χ3v) is 2.86. The standard InChI is InChI=1S/C13H17ClFN/c1-9(2)7-8-12(16-3)10-5-4-6-11(14)13(10)15/h4-6,12,16H,1,7-8H2,2-3H3. The van der Waals surface area contributed by atoms with Gasteiger partial charge in [-0.2, -0.15) is 0 Å². The van der Waals surface area contributed by atoms with Gasteiger partial charge in [0.25, 0.3) is 0 Å². The molecule has 0 aliphatic rings. The van der Waals surface area contributed by atoms with Crippen LogP contribution >= 0.6 is 11.6 Å². The summed E-state index contributed by atoms with van der Waals surface area (Å²) < 4.78 is 13.8. The Morgan fingerprint density at radius 3 is 2.81 bits per heavy atom. The molecule has 88 valence electrons. The van der Waals surface area contributed by atoms with Gasteiger partial charge in [-0.1, -0.05) is 29.3 Å². The highest BCUT2D eigenvalue weighted by molar-refractivity contribution is 6.30. The van der Waals surface area contributed by atoms with Crippen molar-refractivity contribution in [2.75, 3.05) is 7.05 Å². The minimum absolute atomic E-state index is 0.0181. The molecule has 1 atom stereocenters. The molecule has 0 spiro atoms. The molecule has 1 N–H and O–H groups in total. The van der Waals surface area contributed by atoms with Crippen LogP contribution in [0.15, 0.2) is 30.4 Å². The Hall–Kier alpha value is -0.860. The first-order valence-electron chi connectivity index (χ1n) is 5.31. The smallest absolute Gasteiger partial charge is 0.146 e. The maximum absolute atomic E-state index is 13.8. The molecule has 1 aromatic carbocycles. The summed E-state index contributed by atoms with van der Waals surface area (Å²) in [5.41, 5.74) is 1.72. The van der Waals surface area contributed by atoms with Crippen LogP contribution < -0.4 is 5.32 Å². The Labute approximate surface area is 101 Å². The van der Waals surface area contributed by atoms with Crippen molar-refractivity contribution in [1.29, 1.82) is 0 Å². The van der Waals surface area contributed by atoms with E-state index in [2.05, 4.69) is 11.9 Å². The second-order valence-electron chi connectivity index (χ2n) is 3.98. The van der Waals surface area contributed by atoms with E-state index in [-0.39, 0.29) is 16.9 Å². The number of allylic oxidation sites excluding steroid dienone is 1. The number of halogens is 2. The Balaban J connectivity index is 2.86. The van der Waals surface area contributed by atoms with Crippen molar-refractivity contribution >= 4 is 11.6 Å². The Morgan fingerprint density at radius 1 is 1.56 bits per heavy atom.